The van der Waals surface area contributed by atoms with Crippen molar-refractivity contribution >= 4 is 0 Å². The van der Waals surface area contributed by atoms with Gasteiger partial charge in [0.25, 0.3) is 0 Å². The lowest BCUT2D eigenvalue weighted by molar-refractivity contribution is 0.0926. The van der Waals surface area contributed by atoms with Gasteiger partial charge in [0.2, 0.25) is 0 Å². The maximum atomic E-state index is 5.41. The molecule has 0 amide bonds. The zero-order valence-electron chi connectivity index (χ0n) is 8.67. The van der Waals surface area contributed by atoms with Crippen LogP contribution < -0.4 is 0 Å². The van der Waals surface area contributed by atoms with Crippen molar-refractivity contribution in [1.82, 2.24) is 4.90 Å². The van der Waals surface area contributed by atoms with Gasteiger partial charge in [0.15, 0.2) is 0 Å². The number of piperidine rings is 1. The van der Waals surface area contributed by atoms with Crippen molar-refractivity contribution < 1.29 is 4.74 Å². The van der Waals surface area contributed by atoms with Crippen LogP contribution >= 0.6 is 0 Å². The predicted molar refractivity (Wildman–Crippen MR) is 53.9 cm³/mol. The Balaban J connectivity index is 1.80. The summed E-state index contributed by atoms with van der Waals surface area (Å²) in [6.45, 7) is 2.67. The molecule has 1 saturated heterocycles. The normalized spacial score (nSPS) is 36.7. The summed E-state index contributed by atoms with van der Waals surface area (Å²) < 4.78 is 5.41. The SMILES string of the molecule is COC1CCC(N2CCCCC2)C1. The summed E-state index contributed by atoms with van der Waals surface area (Å²) >= 11 is 0. The first kappa shape index (κ1) is 9.47. The summed E-state index contributed by atoms with van der Waals surface area (Å²) in [5.41, 5.74) is 0. The van der Waals surface area contributed by atoms with Crippen molar-refractivity contribution in [3.8, 4) is 0 Å². The van der Waals surface area contributed by atoms with E-state index in [-0.39, 0.29) is 0 Å². The highest BCUT2D eigenvalue weighted by Crippen LogP contribution is 2.27. The quantitative estimate of drug-likeness (QED) is 0.649. The van der Waals surface area contributed by atoms with E-state index in [9.17, 15) is 0 Å². The number of ether oxygens (including phenoxy) is 1. The van der Waals surface area contributed by atoms with Crippen molar-refractivity contribution in [3.63, 3.8) is 0 Å². The minimum Gasteiger partial charge on any atom is -0.381 e. The van der Waals surface area contributed by atoms with E-state index in [2.05, 4.69) is 4.90 Å². The number of rotatable bonds is 2. The molecule has 0 aromatic rings. The first-order chi connectivity index (χ1) is 6.40. The van der Waals surface area contributed by atoms with Gasteiger partial charge in [-0.2, -0.15) is 0 Å². The molecule has 13 heavy (non-hydrogen) atoms. The Bertz CT molecular complexity index is 154. The van der Waals surface area contributed by atoms with Gasteiger partial charge in [-0.1, -0.05) is 6.42 Å². The third-order valence-electron chi connectivity index (χ3n) is 3.60. The Labute approximate surface area is 81.3 Å². The van der Waals surface area contributed by atoms with E-state index in [4.69, 9.17) is 4.74 Å². The van der Waals surface area contributed by atoms with Crippen molar-refractivity contribution in [1.29, 1.82) is 0 Å². The fourth-order valence-electron chi connectivity index (χ4n) is 2.75. The second-order valence-corrected chi connectivity index (χ2v) is 4.42. The molecular weight excluding hydrogens is 162 g/mol. The molecule has 2 rings (SSSR count). The average molecular weight is 183 g/mol. The van der Waals surface area contributed by atoms with Crippen LogP contribution in [0.2, 0.25) is 0 Å². The molecule has 2 aliphatic rings. The van der Waals surface area contributed by atoms with E-state index < -0.39 is 0 Å². The lowest BCUT2D eigenvalue weighted by atomic mass is 10.1. The van der Waals surface area contributed by atoms with Crippen LogP contribution in [0.15, 0.2) is 0 Å². The maximum absolute atomic E-state index is 5.41. The lowest BCUT2D eigenvalue weighted by Gasteiger charge is -2.32. The summed E-state index contributed by atoms with van der Waals surface area (Å²) in [6.07, 6.45) is 8.72. The Morgan fingerprint density at radius 2 is 1.85 bits per heavy atom. The molecule has 1 heterocycles. The van der Waals surface area contributed by atoms with Crippen LogP contribution in [0.4, 0.5) is 0 Å². The zero-order valence-corrected chi connectivity index (χ0v) is 8.67. The number of hydrogen-bond donors (Lipinski definition) is 0. The van der Waals surface area contributed by atoms with Gasteiger partial charge in [0.1, 0.15) is 0 Å². The van der Waals surface area contributed by atoms with Gasteiger partial charge >= 0.3 is 0 Å². The summed E-state index contributed by atoms with van der Waals surface area (Å²) in [6, 6.07) is 0.838. The molecule has 2 fully saturated rings. The number of nitrogens with zero attached hydrogens (tertiary/aromatic N) is 1. The third kappa shape index (κ3) is 2.23. The molecule has 1 aliphatic heterocycles. The highest BCUT2D eigenvalue weighted by atomic mass is 16.5. The molecule has 0 spiro atoms. The second-order valence-electron chi connectivity index (χ2n) is 4.42. The first-order valence-electron chi connectivity index (χ1n) is 5.67. The molecule has 0 N–H and O–H groups in total. The number of likely N-dealkylation sites (tertiary alicyclic amines) is 1. The Hall–Kier alpha value is -0.0800. The standard InChI is InChI=1S/C11H21NO/c1-13-11-6-5-10(9-11)12-7-3-2-4-8-12/h10-11H,2-9H2,1H3. The van der Waals surface area contributed by atoms with E-state index in [1.807, 2.05) is 7.11 Å². The van der Waals surface area contributed by atoms with E-state index >= 15 is 0 Å². The Kier molecular flexibility index (Phi) is 3.23. The van der Waals surface area contributed by atoms with Gasteiger partial charge in [-0.3, -0.25) is 0 Å². The Morgan fingerprint density at radius 1 is 1.08 bits per heavy atom. The minimum atomic E-state index is 0.548. The predicted octanol–water partition coefficient (Wildman–Crippen LogP) is 2.04. The van der Waals surface area contributed by atoms with Crippen LogP contribution in [0.25, 0.3) is 0 Å². The molecule has 2 nitrogen and oxygen atoms in total. The van der Waals surface area contributed by atoms with Gasteiger partial charge in [-0.25, -0.2) is 0 Å². The van der Waals surface area contributed by atoms with Gasteiger partial charge in [-0.15, -0.1) is 0 Å². The molecule has 0 radical (unpaired) electrons. The topological polar surface area (TPSA) is 12.5 Å². The van der Waals surface area contributed by atoms with Crippen LogP contribution in [-0.4, -0.2) is 37.2 Å². The molecular formula is C11H21NO. The molecule has 0 aromatic carbocycles. The van der Waals surface area contributed by atoms with Crippen LogP contribution in [0, 0.1) is 0 Å². The molecule has 0 aromatic heterocycles. The van der Waals surface area contributed by atoms with Gasteiger partial charge in [-0.05, 0) is 45.2 Å². The molecule has 2 heteroatoms. The second kappa shape index (κ2) is 4.43. The van der Waals surface area contributed by atoms with E-state index in [0.717, 1.165) is 6.04 Å². The van der Waals surface area contributed by atoms with Gasteiger partial charge < -0.3 is 9.64 Å². The summed E-state index contributed by atoms with van der Waals surface area (Å²) in [5, 5.41) is 0. The lowest BCUT2D eigenvalue weighted by Crippen LogP contribution is -2.38. The van der Waals surface area contributed by atoms with Crippen LogP contribution in [0.3, 0.4) is 0 Å². The fourth-order valence-corrected chi connectivity index (χ4v) is 2.75. The van der Waals surface area contributed by atoms with Gasteiger partial charge in [0.05, 0.1) is 6.10 Å². The van der Waals surface area contributed by atoms with Crippen LogP contribution in [0.5, 0.6) is 0 Å². The summed E-state index contributed by atoms with van der Waals surface area (Å²) in [4.78, 5) is 2.68. The first-order valence-corrected chi connectivity index (χ1v) is 5.67. The van der Waals surface area contributed by atoms with E-state index in [1.54, 1.807) is 0 Å². The largest absolute Gasteiger partial charge is 0.381 e. The fraction of sp³-hybridized carbons (Fsp3) is 1.00. The highest BCUT2D eigenvalue weighted by Gasteiger charge is 2.29. The van der Waals surface area contributed by atoms with Crippen molar-refractivity contribution in [2.24, 2.45) is 0 Å². The highest BCUT2D eigenvalue weighted by molar-refractivity contribution is 4.84. The van der Waals surface area contributed by atoms with E-state index in [1.165, 1.54) is 51.6 Å². The Morgan fingerprint density at radius 3 is 2.46 bits per heavy atom. The molecule has 2 atom stereocenters. The summed E-state index contributed by atoms with van der Waals surface area (Å²) in [5.74, 6) is 0. The number of hydrogen-bond acceptors (Lipinski definition) is 2. The van der Waals surface area contributed by atoms with Gasteiger partial charge in [0, 0.05) is 13.2 Å². The van der Waals surface area contributed by atoms with Crippen LogP contribution in [0.1, 0.15) is 38.5 Å². The molecule has 2 unspecified atom stereocenters. The van der Waals surface area contributed by atoms with E-state index in [0.29, 0.717) is 6.10 Å². The number of methoxy groups -OCH3 is 1. The van der Waals surface area contributed by atoms with Crippen molar-refractivity contribution in [2.45, 2.75) is 50.7 Å². The summed E-state index contributed by atoms with van der Waals surface area (Å²) in [7, 11) is 1.85. The molecule has 1 aliphatic carbocycles. The maximum Gasteiger partial charge on any atom is 0.0586 e. The van der Waals surface area contributed by atoms with Crippen molar-refractivity contribution in [3.05, 3.63) is 0 Å². The monoisotopic (exact) mass is 183 g/mol. The molecule has 0 bridgehead atoms. The minimum absolute atomic E-state index is 0.548. The average Bonchev–Trinajstić information content (AvgIpc) is 2.67. The van der Waals surface area contributed by atoms with Crippen LogP contribution in [-0.2, 0) is 4.74 Å². The van der Waals surface area contributed by atoms with Crippen molar-refractivity contribution in [2.75, 3.05) is 20.2 Å². The smallest absolute Gasteiger partial charge is 0.0586 e. The molecule has 1 saturated carbocycles. The zero-order chi connectivity index (χ0) is 9.10. The molecule has 76 valence electrons. The third-order valence-corrected chi connectivity index (χ3v) is 3.60.